The molecule has 2 aromatic rings. The third-order valence-electron chi connectivity index (χ3n) is 2.98. The molecule has 0 saturated carbocycles. The first-order valence-electron chi connectivity index (χ1n) is 6.21. The number of halogens is 1. The molecule has 0 saturated heterocycles. The normalized spacial score (nSPS) is 11.2. The molecule has 0 spiro atoms. The third-order valence-corrected chi connectivity index (χ3v) is 3.22. The molecule has 2 aromatic heterocycles. The number of imidazole rings is 1. The highest BCUT2D eigenvalue weighted by Crippen LogP contribution is 2.17. The number of nitrogens with zero attached hydrogens (tertiary/aromatic N) is 3. The highest BCUT2D eigenvalue weighted by atomic mass is 35.5. The zero-order valence-electron chi connectivity index (χ0n) is 10.6. The molecule has 5 heteroatoms. The van der Waals surface area contributed by atoms with Crippen LogP contribution in [0.5, 0.6) is 0 Å². The van der Waals surface area contributed by atoms with E-state index in [0.29, 0.717) is 5.88 Å². The van der Waals surface area contributed by atoms with Crippen LogP contribution in [0.4, 0.5) is 0 Å². The molecule has 0 aromatic carbocycles. The second-order valence-electron chi connectivity index (χ2n) is 4.23. The minimum atomic E-state index is 0.437. The number of pyridine rings is 1. The minimum Gasteiger partial charge on any atom is -0.385 e. The van der Waals surface area contributed by atoms with Crippen LogP contribution in [0.1, 0.15) is 25.1 Å². The van der Waals surface area contributed by atoms with Gasteiger partial charge in [0.15, 0.2) is 0 Å². The number of rotatable bonds is 7. The Morgan fingerprint density at radius 1 is 1.33 bits per heavy atom. The van der Waals surface area contributed by atoms with E-state index in [4.69, 9.17) is 16.3 Å². The van der Waals surface area contributed by atoms with Gasteiger partial charge in [-0.15, -0.1) is 11.6 Å². The molecule has 2 heterocycles. The summed E-state index contributed by atoms with van der Waals surface area (Å²) < 4.78 is 7.24. The monoisotopic (exact) mass is 267 g/mol. The van der Waals surface area contributed by atoms with Crippen LogP contribution in [0, 0.1) is 0 Å². The van der Waals surface area contributed by atoms with Crippen molar-refractivity contribution < 1.29 is 4.74 Å². The van der Waals surface area contributed by atoms with Crippen LogP contribution in [-0.2, 0) is 17.2 Å². The number of unbranched alkanes of at least 4 members (excludes halogenated alkanes) is 2. The van der Waals surface area contributed by atoms with E-state index in [0.717, 1.165) is 49.3 Å². The van der Waals surface area contributed by atoms with E-state index in [1.165, 1.54) is 0 Å². The Balaban J connectivity index is 2.06. The maximum Gasteiger partial charge on any atom is 0.124 e. The van der Waals surface area contributed by atoms with E-state index in [-0.39, 0.29) is 0 Å². The molecule has 0 radical (unpaired) electrons. The molecule has 2 rings (SSSR count). The molecular formula is C13H18ClN3O. The third kappa shape index (κ3) is 3.00. The molecule has 0 bridgehead atoms. The predicted molar refractivity (Wildman–Crippen MR) is 72.8 cm³/mol. The molecule has 0 amide bonds. The number of alkyl halides is 1. The predicted octanol–water partition coefficient (Wildman–Crippen LogP) is 2.99. The van der Waals surface area contributed by atoms with Crippen LogP contribution in [0.15, 0.2) is 18.5 Å². The van der Waals surface area contributed by atoms with Crippen molar-refractivity contribution in [2.75, 3.05) is 13.7 Å². The van der Waals surface area contributed by atoms with Crippen LogP contribution in [-0.4, -0.2) is 28.3 Å². The van der Waals surface area contributed by atoms with E-state index in [1.807, 2.05) is 6.07 Å². The lowest BCUT2D eigenvalue weighted by Crippen LogP contribution is -2.03. The van der Waals surface area contributed by atoms with Crippen molar-refractivity contribution in [3.63, 3.8) is 0 Å². The van der Waals surface area contributed by atoms with Gasteiger partial charge >= 0.3 is 0 Å². The SMILES string of the molecule is COCCCCCn1c(CCl)nc2cnccc21. The molecule has 0 fully saturated rings. The van der Waals surface area contributed by atoms with Crippen molar-refractivity contribution in [1.82, 2.24) is 14.5 Å². The Hall–Kier alpha value is -1.13. The Bertz CT molecular complexity index is 498. The van der Waals surface area contributed by atoms with E-state index >= 15 is 0 Å². The van der Waals surface area contributed by atoms with E-state index < -0.39 is 0 Å². The van der Waals surface area contributed by atoms with Crippen molar-refractivity contribution in [2.24, 2.45) is 0 Å². The molecule has 4 nitrogen and oxygen atoms in total. The quantitative estimate of drug-likeness (QED) is 0.572. The first kappa shape index (κ1) is 13.3. The number of methoxy groups -OCH3 is 1. The molecule has 98 valence electrons. The number of hydrogen-bond acceptors (Lipinski definition) is 3. The minimum absolute atomic E-state index is 0.437. The second-order valence-corrected chi connectivity index (χ2v) is 4.50. The lowest BCUT2D eigenvalue weighted by molar-refractivity contribution is 0.191. The van der Waals surface area contributed by atoms with Crippen LogP contribution in [0.2, 0.25) is 0 Å². The molecule has 0 aliphatic carbocycles. The van der Waals surface area contributed by atoms with E-state index in [1.54, 1.807) is 19.5 Å². The molecule has 0 atom stereocenters. The molecule has 0 aliphatic rings. The Kier molecular flexibility index (Phi) is 4.96. The van der Waals surface area contributed by atoms with Crippen molar-refractivity contribution in [1.29, 1.82) is 0 Å². The fourth-order valence-corrected chi connectivity index (χ4v) is 2.28. The highest BCUT2D eigenvalue weighted by Gasteiger charge is 2.08. The van der Waals surface area contributed by atoms with Gasteiger partial charge in [-0.3, -0.25) is 4.98 Å². The standard InChI is InChI=1S/C13H18ClN3O/c1-18-8-4-2-3-7-17-12-5-6-15-10-11(12)16-13(17)9-14/h5-6,10H,2-4,7-9H2,1H3. The summed E-state index contributed by atoms with van der Waals surface area (Å²) in [6, 6.07) is 1.99. The first-order chi connectivity index (χ1) is 8.86. The average molecular weight is 268 g/mol. The molecule has 0 unspecified atom stereocenters. The van der Waals surface area contributed by atoms with Crippen molar-refractivity contribution >= 4 is 22.6 Å². The van der Waals surface area contributed by atoms with Gasteiger partial charge in [-0.1, -0.05) is 0 Å². The zero-order valence-corrected chi connectivity index (χ0v) is 11.4. The Labute approximate surface area is 112 Å². The van der Waals surface area contributed by atoms with Gasteiger partial charge in [0, 0.05) is 26.5 Å². The van der Waals surface area contributed by atoms with Crippen molar-refractivity contribution in [2.45, 2.75) is 31.7 Å². The summed E-state index contributed by atoms with van der Waals surface area (Å²) in [5.74, 6) is 1.36. The number of aryl methyl sites for hydroxylation is 1. The summed E-state index contributed by atoms with van der Waals surface area (Å²) in [6.45, 7) is 1.78. The van der Waals surface area contributed by atoms with Gasteiger partial charge in [0.05, 0.1) is 17.6 Å². The maximum atomic E-state index is 5.94. The fraction of sp³-hybridized carbons (Fsp3) is 0.538. The summed E-state index contributed by atoms with van der Waals surface area (Å²) >= 11 is 5.94. The van der Waals surface area contributed by atoms with Crippen LogP contribution < -0.4 is 0 Å². The average Bonchev–Trinajstić information content (AvgIpc) is 2.77. The largest absolute Gasteiger partial charge is 0.385 e. The van der Waals surface area contributed by atoms with Crippen molar-refractivity contribution in [3.05, 3.63) is 24.3 Å². The molecule has 0 aliphatic heterocycles. The van der Waals surface area contributed by atoms with E-state index in [9.17, 15) is 0 Å². The van der Waals surface area contributed by atoms with Gasteiger partial charge in [0.1, 0.15) is 11.3 Å². The van der Waals surface area contributed by atoms with Crippen LogP contribution in [0.25, 0.3) is 11.0 Å². The number of fused-ring (bicyclic) bond motifs is 1. The Morgan fingerprint density at radius 2 is 2.22 bits per heavy atom. The summed E-state index contributed by atoms with van der Waals surface area (Å²) in [4.78, 5) is 8.58. The smallest absolute Gasteiger partial charge is 0.124 e. The van der Waals surface area contributed by atoms with Crippen molar-refractivity contribution in [3.8, 4) is 0 Å². The maximum absolute atomic E-state index is 5.94. The van der Waals surface area contributed by atoms with E-state index in [2.05, 4.69) is 14.5 Å². The van der Waals surface area contributed by atoms with Gasteiger partial charge in [0.2, 0.25) is 0 Å². The number of hydrogen-bond donors (Lipinski definition) is 0. The van der Waals surface area contributed by atoms with Gasteiger partial charge in [0.25, 0.3) is 0 Å². The lowest BCUT2D eigenvalue weighted by atomic mass is 10.2. The first-order valence-corrected chi connectivity index (χ1v) is 6.74. The van der Waals surface area contributed by atoms with Gasteiger partial charge in [-0.05, 0) is 25.3 Å². The second kappa shape index (κ2) is 6.71. The van der Waals surface area contributed by atoms with Gasteiger partial charge in [-0.25, -0.2) is 4.98 Å². The fourth-order valence-electron chi connectivity index (χ4n) is 2.08. The molecule has 0 N–H and O–H groups in total. The van der Waals surface area contributed by atoms with Crippen LogP contribution >= 0.6 is 11.6 Å². The molecule has 18 heavy (non-hydrogen) atoms. The molecular weight excluding hydrogens is 250 g/mol. The number of aromatic nitrogens is 3. The summed E-state index contributed by atoms with van der Waals surface area (Å²) in [7, 11) is 1.74. The van der Waals surface area contributed by atoms with Gasteiger partial charge < -0.3 is 9.30 Å². The van der Waals surface area contributed by atoms with Gasteiger partial charge in [-0.2, -0.15) is 0 Å². The zero-order chi connectivity index (χ0) is 12.8. The summed E-state index contributed by atoms with van der Waals surface area (Å²) in [5, 5.41) is 0. The summed E-state index contributed by atoms with van der Waals surface area (Å²) in [5.41, 5.74) is 2.04. The van der Waals surface area contributed by atoms with Crippen LogP contribution in [0.3, 0.4) is 0 Å². The topological polar surface area (TPSA) is 39.9 Å². The number of ether oxygens (including phenoxy) is 1. The Morgan fingerprint density at radius 3 is 3.00 bits per heavy atom. The summed E-state index contributed by atoms with van der Waals surface area (Å²) in [6.07, 6.45) is 6.94. The highest BCUT2D eigenvalue weighted by molar-refractivity contribution is 6.16. The lowest BCUT2D eigenvalue weighted by Gasteiger charge is -2.07.